The third kappa shape index (κ3) is 6.16. The number of nitrogens with one attached hydrogen (secondary N) is 4. The third-order valence-electron chi connectivity index (χ3n) is 7.07. The van der Waals surface area contributed by atoms with E-state index >= 15 is 0 Å². The van der Waals surface area contributed by atoms with Crippen LogP contribution in [0.2, 0.25) is 0 Å². The Morgan fingerprint density at radius 1 is 0.741 bits per heavy atom. The van der Waals surface area contributed by atoms with Gasteiger partial charge in [-0.05, 0) is 122 Å². The molecule has 0 unspecified atom stereocenters. The first-order chi connectivity index (χ1) is 13.2. The second-order valence-electron chi connectivity index (χ2n) is 9.47. The Morgan fingerprint density at radius 3 is 1.74 bits per heavy atom. The van der Waals surface area contributed by atoms with Crippen LogP contribution < -0.4 is 21.3 Å². The molecule has 0 spiro atoms. The zero-order chi connectivity index (χ0) is 19.0. The highest BCUT2D eigenvalue weighted by molar-refractivity contribution is 5.83. The van der Waals surface area contributed by atoms with Gasteiger partial charge in [-0.25, -0.2) is 0 Å². The summed E-state index contributed by atoms with van der Waals surface area (Å²) in [4.78, 5) is 12.9. The first-order valence-corrected chi connectivity index (χ1v) is 11.6. The molecule has 0 heterocycles. The van der Waals surface area contributed by atoms with Crippen molar-refractivity contribution in [2.24, 2.45) is 23.2 Å². The molecule has 0 aromatic rings. The van der Waals surface area contributed by atoms with Crippen molar-refractivity contribution in [2.75, 3.05) is 46.3 Å². The molecule has 4 fully saturated rings. The number of amides is 1. The van der Waals surface area contributed by atoms with Crippen LogP contribution in [-0.2, 0) is 4.79 Å². The molecule has 0 atom stereocenters. The van der Waals surface area contributed by atoms with Crippen LogP contribution in [0.3, 0.4) is 0 Å². The van der Waals surface area contributed by atoms with Gasteiger partial charge in [0.25, 0.3) is 0 Å². The van der Waals surface area contributed by atoms with Crippen LogP contribution in [0.1, 0.15) is 64.2 Å². The van der Waals surface area contributed by atoms with Gasteiger partial charge >= 0.3 is 0 Å². The lowest BCUT2D eigenvalue weighted by Crippen LogP contribution is -2.53. The van der Waals surface area contributed by atoms with Crippen LogP contribution in [0.15, 0.2) is 0 Å². The Labute approximate surface area is 166 Å². The molecule has 4 bridgehead atoms. The Hall–Kier alpha value is -0.650. The van der Waals surface area contributed by atoms with Crippen molar-refractivity contribution in [1.29, 1.82) is 0 Å². The summed E-state index contributed by atoms with van der Waals surface area (Å²) in [6.07, 6.45) is 12.4. The SMILES string of the molecule is CNCCCNCCCCNCCCNC(=O)C12CC3CC(CC(C3)C1)C2. The van der Waals surface area contributed by atoms with Crippen LogP contribution in [0, 0.1) is 23.2 Å². The monoisotopic (exact) mass is 378 g/mol. The largest absolute Gasteiger partial charge is 0.356 e. The van der Waals surface area contributed by atoms with Gasteiger partial charge in [0, 0.05) is 12.0 Å². The zero-order valence-corrected chi connectivity index (χ0v) is 17.5. The van der Waals surface area contributed by atoms with Gasteiger partial charge in [-0.2, -0.15) is 0 Å². The minimum atomic E-state index is 0.0162. The van der Waals surface area contributed by atoms with Crippen molar-refractivity contribution < 1.29 is 4.79 Å². The molecular formula is C22H42N4O. The number of unbranched alkanes of at least 4 members (excludes halogenated alkanes) is 1. The smallest absolute Gasteiger partial charge is 0.226 e. The lowest BCUT2D eigenvalue weighted by Gasteiger charge is -2.55. The zero-order valence-electron chi connectivity index (χ0n) is 17.5. The van der Waals surface area contributed by atoms with Crippen LogP contribution in [0.4, 0.5) is 0 Å². The van der Waals surface area contributed by atoms with Crippen molar-refractivity contribution in [3.63, 3.8) is 0 Å². The topological polar surface area (TPSA) is 65.2 Å². The molecule has 0 aromatic heterocycles. The van der Waals surface area contributed by atoms with Gasteiger partial charge in [-0.15, -0.1) is 0 Å². The highest BCUT2D eigenvalue weighted by atomic mass is 16.2. The number of rotatable bonds is 14. The molecule has 4 saturated carbocycles. The summed E-state index contributed by atoms with van der Waals surface area (Å²) in [6.45, 7) is 6.25. The molecule has 4 aliphatic rings. The van der Waals surface area contributed by atoms with E-state index in [1.807, 2.05) is 7.05 Å². The van der Waals surface area contributed by atoms with E-state index in [1.165, 1.54) is 57.8 Å². The van der Waals surface area contributed by atoms with Crippen LogP contribution in [0.5, 0.6) is 0 Å². The first kappa shape index (κ1) is 21.1. The van der Waals surface area contributed by atoms with Crippen LogP contribution in [0.25, 0.3) is 0 Å². The van der Waals surface area contributed by atoms with Crippen molar-refractivity contribution in [1.82, 2.24) is 21.3 Å². The maximum absolute atomic E-state index is 12.9. The van der Waals surface area contributed by atoms with Gasteiger partial charge in [0.15, 0.2) is 0 Å². The van der Waals surface area contributed by atoms with Crippen LogP contribution in [-0.4, -0.2) is 52.2 Å². The fourth-order valence-corrected chi connectivity index (χ4v) is 6.13. The summed E-state index contributed by atoms with van der Waals surface area (Å²) in [5.74, 6) is 2.93. The summed E-state index contributed by atoms with van der Waals surface area (Å²) in [6, 6.07) is 0. The van der Waals surface area contributed by atoms with E-state index in [4.69, 9.17) is 0 Å². The molecule has 1 amide bonds. The van der Waals surface area contributed by atoms with Gasteiger partial charge in [0.2, 0.25) is 5.91 Å². The van der Waals surface area contributed by atoms with Crippen LogP contribution >= 0.6 is 0 Å². The maximum Gasteiger partial charge on any atom is 0.226 e. The Kier molecular flexibility index (Phi) is 8.41. The summed E-state index contributed by atoms with van der Waals surface area (Å²) >= 11 is 0. The quantitative estimate of drug-likeness (QED) is 0.350. The number of carbonyl (C=O) groups is 1. The van der Waals surface area contributed by atoms with Gasteiger partial charge in [0.05, 0.1) is 0 Å². The highest BCUT2D eigenvalue weighted by Crippen LogP contribution is 2.60. The summed E-state index contributed by atoms with van der Waals surface area (Å²) < 4.78 is 0. The van der Waals surface area contributed by atoms with E-state index in [9.17, 15) is 4.79 Å². The molecule has 0 aliphatic heterocycles. The standard InChI is InChI=1S/C22H42N4O/c1-23-6-4-9-24-7-2-3-8-25-10-5-11-26-21(27)22-15-18-12-19(16-22)14-20(13-18)17-22/h18-20,23-25H,2-17H2,1H3,(H,26,27). The predicted molar refractivity (Wildman–Crippen MR) is 112 cm³/mol. The van der Waals surface area contributed by atoms with Gasteiger partial charge in [-0.1, -0.05) is 0 Å². The molecule has 4 rings (SSSR count). The molecule has 0 aromatic carbocycles. The summed E-state index contributed by atoms with van der Waals surface area (Å²) in [5, 5.41) is 13.4. The molecule has 27 heavy (non-hydrogen) atoms. The minimum absolute atomic E-state index is 0.0162. The van der Waals surface area contributed by atoms with Gasteiger partial charge in [-0.3, -0.25) is 4.79 Å². The average molecular weight is 379 g/mol. The van der Waals surface area contributed by atoms with E-state index in [0.717, 1.165) is 63.4 Å². The fraction of sp³-hybridized carbons (Fsp3) is 0.955. The second-order valence-corrected chi connectivity index (χ2v) is 9.47. The normalized spacial score (nSPS) is 31.4. The third-order valence-corrected chi connectivity index (χ3v) is 7.07. The van der Waals surface area contributed by atoms with Crippen molar-refractivity contribution >= 4 is 5.91 Å². The molecule has 0 radical (unpaired) electrons. The summed E-state index contributed by atoms with van der Waals surface area (Å²) in [7, 11) is 2.00. The molecule has 0 saturated heterocycles. The first-order valence-electron chi connectivity index (χ1n) is 11.6. The van der Waals surface area contributed by atoms with Crippen molar-refractivity contribution in [2.45, 2.75) is 64.2 Å². The van der Waals surface area contributed by atoms with E-state index < -0.39 is 0 Å². The molecule has 4 N–H and O–H groups in total. The van der Waals surface area contributed by atoms with E-state index in [2.05, 4.69) is 21.3 Å². The number of carbonyl (C=O) groups excluding carboxylic acids is 1. The Balaban J connectivity index is 1.16. The van der Waals surface area contributed by atoms with Gasteiger partial charge < -0.3 is 21.3 Å². The molecular weight excluding hydrogens is 336 g/mol. The minimum Gasteiger partial charge on any atom is -0.356 e. The van der Waals surface area contributed by atoms with E-state index in [-0.39, 0.29) is 5.41 Å². The average Bonchev–Trinajstić information content (AvgIpc) is 2.64. The Bertz CT molecular complexity index is 418. The van der Waals surface area contributed by atoms with Crippen molar-refractivity contribution in [3.05, 3.63) is 0 Å². The van der Waals surface area contributed by atoms with E-state index in [0.29, 0.717) is 5.91 Å². The lowest BCUT2D eigenvalue weighted by molar-refractivity contribution is -0.146. The number of hydrogen-bond acceptors (Lipinski definition) is 4. The fourth-order valence-electron chi connectivity index (χ4n) is 6.13. The number of hydrogen-bond donors (Lipinski definition) is 4. The second kappa shape index (κ2) is 10.8. The highest BCUT2D eigenvalue weighted by Gasteiger charge is 2.54. The predicted octanol–water partition coefficient (Wildman–Crippen LogP) is 2.28. The Morgan fingerprint density at radius 2 is 1.22 bits per heavy atom. The van der Waals surface area contributed by atoms with Gasteiger partial charge in [0.1, 0.15) is 0 Å². The lowest BCUT2D eigenvalue weighted by atomic mass is 9.49. The summed E-state index contributed by atoms with van der Waals surface area (Å²) in [5.41, 5.74) is 0.0162. The molecule has 156 valence electrons. The van der Waals surface area contributed by atoms with E-state index in [1.54, 1.807) is 0 Å². The molecule has 5 nitrogen and oxygen atoms in total. The van der Waals surface area contributed by atoms with Crippen molar-refractivity contribution in [3.8, 4) is 0 Å². The molecule has 5 heteroatoms. The molecule has 4 aliphatic carbocycles. The maximum atomic E-state index is 12.9.